The number of rotatable bonds is 9. The zero-order chi connectivity index (χ0) is 27.4. The normalized spacial score (nSPS) is 12.4. The van der Waals surface area contributed by atoms with Crippen LogP contribution in [0.1, 0.15) is 42.0 Å². The Labute approximate surface area is 226 Å². The van der Waals surface area contributed by atoms with E-state index in [1.165, 1.54) is 18.2 Å². The van der Waals surface area contributed by atoms with Crippen LogP contribution in [0.2, 0.25) is 5.02 Å². The zero-order valence-electron chi connectivity index (χ0n) is 21.3. The molecule has 1 N–H and O–H groups in total. The summed E-state index contributed by atoms with van der Waals surface area (Å²) < 4.78 is 39.3. The van der Waals surface area contributed by atoms with Crippen molar-refractivity contribution in [3.63, 3.8) is 0 Å². The molecule has 9 heteroatoms. The Morgan fingerprint density at radius 1 is 1.05 bits per heavy atom. The molecule has 0 saturated heterocycles. The lowest BCUT2D eigenvalue weighted by Gasteiger charge is -2.18. The van der Waals surface area contributed by atoms with E-state index in [-0.39, 0.29) is 27.7 Å². The number of ether oxygens (including phenoxy) is 1. The molecule has 1 atom stereocenters. The van der Waals surface area contributed by atoms with Crippen LogP contribution in [0.4, 0.5) is 0 Å². The Hall–Kier alpha value is -3.46. The number of hydrogen-bond acceptors (Lipinski definition) is 6. The summed E-state index contributed by atoms with van der Waals surface area (Å²) in [5, 5.41) is 0.746. The molecule has 1 heterocycles. The number of fused-ring (bicyclic) bond motifs is 1. The first-order valence-corrected chi connectivity index (χ1v) is 14.1. The van der Waals surface area contributed by atoms with Gasteiger partial charge in [-0.3, -0.25) is 0 Å². The van der Waals surface area contributed by atoms with Gasteiger partial charge in [0.2, 0.25) is 10.0 Å². The predicted octanol–water partition coefficient (Wildman–Crippen LogP) is 5.71. The van der Waals surface area contributed by atoms with Crippen molar-refractivity contribution >= 4 is 38.6 Å². The molecule has 4 aromatic rings. The third-order valence-electron chi connectivity index (χ3n) is 6.26. The zero-order valence-corrected chi connectivity index (χ0v) is 22.9. The SMILES string of the molecule is CCC[C@H](NS(=O)(=O)c1ccc(C)cc1)C(=O)Oc1cc2oc(=O)c(Cc3ccccc3)c(C)c2cc1Cl. The Morgan fingerprint density at radius 3 is 2.39 bits per heavy atom. The maximum atomic E-state index is 13.0. The van der Waals surface area contributed by atoms with Gasteiger partial charge in [-0.25, -0.2) is 18.0 Å². The molecule has 198 valence electrons. The number of hydrogen-bond donors (Lipinski definition) is 1. The van der Waals surface area contributed by atoms with Crippen LogP contribution >= 0.6 is 11.6 Å². The summed E-state index contributed by atoms with van der Waals surface area (Å²) in [7, 11) is -3.97. The van der Waals surface area contributed by atoms with Crippen molar-refractivity contribution in [3.8, 4) is 5.75 Å². The highest BCUT2D eigenvalue weighted by atomic mass is 35.5. The van der Waals surface area contributed by atoms with Crippen molar-refractivity contribution < 1.29 is 22.4 Å². The van der Waals surface area contributed by atoms with Crippen molar-refractivity contribution in [1.29, 1.82) is 0 Å². The van der Waals surface area contributed by atoms with E-state index < -0.39 is 27.7 Å². The van der Waals surface area contributed by atoms with E-state index in [4.69, 9.17) is 20.8 Å². The molecule has 38 heavy (non-hydrogen) atoms. The number of carbonyl (C=O) groups is 1. The van der Waals surface area contributed by atoms with E-state index >= 15 is 0 Å². The van der Waals surface area contributed by atoms with E-state index in [0.29, 0.717) is 23.8 Å². The maximum Gasteiger partial charge on any atom is 0.340 e. The lowest BCUT2D eigenvalue weighted by molar-refractivity contribution is -0.136. The van der Waals surface area contributed by atoms with Gasteiger partial charge >= 0.3 is 11.6 Å². The standard InChI is InChI=1S/C29H28ClNO6S/c1-4-8-25(31-38(34,35)21-13-11-18(2)12-14-21)29(33)37-27-17-26-22(16-24(27)30)19(3)23(28(32)36-26)15-20-9-6-5-7-10-20/h5-7,9-14,16-17,25,31H,4,8,15H2,1-3H3/t25-/m0/s1. The molecular weight excluding hydrogens is 526 g/mol. The molecule has 0 aliphatic rings. The summed E-state index contributed by atoms with van der Waals surface area (Å²) in [6.07, 6.45) is 1.14. The second-order valence-electron chi connectivity index (χ2n) is 9.13. The third-order valence-corrected chi connectivity index (χ3v) is 8.05. The molecule has 3 aromatic carbocycles. The highest BCUT2D eigenvalue weighted by Crippen LogP contribution is 2.33. The number of halogens is 1. The van der Waals surface area contributed by atoms with Crippen molar-refractivity contribution in [2.75, 3.05) is 0 Å². The van der Waals surface area contributed by atoms with E-state index in [1.807, 2.05) is 51.1 Å². The molecule has 0 unspecified atom stereocenters. The summed E-state index contributed by atoms with van der Waals surface area (Å²) in [6, 6.07) is 17.7. The van der Waals surface area contributed by atoms with Gasteiger partial charge in [-0.15, -0.1) is 0 Å². The first-order valence-electron chi connectivity index (χ1n) is 12.2. The van der Waals surface area contributed by atoms with Crippen LogP contribution in [0.25, 0.3) is 11.0 Å². The predicted molar refractivity (Wildman–Crippen MR) is 147 cm³/mol. The van der Waals surface area contributed by atoms with Gasteiger partial charge in [0.15, 0.2) is 5.75 Å². The number of carbonyl (C=O) groups excluding carboxylic acids is 1. The fourth-order valence-electron chi connectivity index (χ4n) is 4.14. The summed E-state index contributed by atoms with van der Waals surface area (Å²) in [4.78, 5) is 25.9. The van der Waals surface area contributed by atoms with E-state index in [9.17, 15) is 18.0 Å². The molecule has 0 saturated carbocycles. The lowest BCUT2D eigenvalue weighted by Crippen LogP contribution is -2.42. The van der Waals surface area contributed by atoms with Crippen LogP contribution in [0.3, 0.4) is 0 Å². The Kier molecular flexibility index (Phi) is 8.35. The summed E-state index contributed by atoms with van der Waals surface area (Å²) in [5.41, 5.74) is 2.83. The van der Waals surface area contributed by atoms with Crippen LogP contribution in [0.15, 0.2) is 80.8 Å². The molecule has 4 rings (SSSR count). The molecule has 0 aliphatic carbocycles. The average molecular weight is 554 g/mol. The molecule has 0 radical (unpaired) electrons. The summed E-state index contributed by atoms with van der Waals surface area (Å²) in [5.74, 6) is -0.846. The van der Waals surface area contributed by atoms with E-state index in [0.717, 1.165) is 16.7 Å². The van der Waals surface area contributed by atoms with Crippen molar-refractivity contribution in [2.24, 2.45) is 0 Å². The minimum atomic E-state index is -3.97. The van der Waals surface area contributed by atoms with Gasteiger partial charge < -0.3 is 9.15 Å². The largest absolute Gasteiger partial charge is 0.424 e. The molecule has 0 spiro atoms. The van der Waals surface area contributed by atoms with Crippen LogP contribution in [-0.2, 0) is 21.2 Å². The number of esters is 1. The van der Waals surface area contributed by atoms with Crippen LogP contribution in [0, 0.1) is 13.8 Å². The fraction of sp³-hybridized carbons (Fsp3) is 0.241. The minimum absolute atomic E-state index is 0.0295. The van der Waals surface area contributed by atoms with Crippen molar-refractivity contribution in [2.45, 2.75) is 51.0 Å². The van der Waals surface area contributed by atoms with Gasteiger partial charge in [-0.1, -0.05) is 73.0 Å². The number of benzene rings is 3. The summed E-state index contributed by atoms with van der Waals surface area (Å²) >= 11 is 6.46. The van der Waals surface area contributed by atoms with Crippen molar-refractivity contribution in [3.05, 3.63) is 104 Å². The van der Waals surface area contributed by atoms with Gasteiger partial charge in [0, 0.05) is 23.4 Å². The molecular formula is C29H28ClNO6S. The second kappa shape index (κ2) is 11.5. The topological polar surface area (TPSA) is 103 Å². The van der Waals surface area contributed by atoms with Crippen LogP contribution in [-0.4, -0.2) is 20.4 Å². The first kappa shape index (κ1) is 27.6. The van der Waals surface area contributed by atoms with Gasteiger partial charge in [0.05, 0.1) is 9.92 Å². The van der Waals surface area contributed by atoms with Gasteiger partial charge in [0.25, 0.3) is 0 Å². The van der Waals surface area contributed by atoms with Crippen LogP contribution < -0.4 is 15.1 Å². The average Bonchev–Trinajstić information content (AvgIpc) is 2.88. The van der Waals surface area contributed by atoms with E-state index in [1.54, 1.807) is 18.2 Å². The van der Waals surface area contributed by atoms with Gasteiger partial charge in [-0.2, -0.15) is 4.72 Å². The Bertz CT molecular complexity index is 1630. The fourth-order valence-corrected chi connectivity index (χ4v) is 5.56. The van der Waals surface area contributed by atoms with Crippen LogP contribution in [0.5, 0.6) is 5.75 Å². The lowest BCUT2D eigenvalue weighted by atomic mass is 9.99. The van der Waals surface area contributed by atoms with Gasteiger partial charge in [-0.05, 0) is 49.6 Å². The second-order valence-corrected chi connectivity index (χ2v) is 11.3. The molecule has 0 fully saturated rings. The van der Waals surface area contributed by atoms with E-state index in [2.05, 4.69) is 4.72 Å². The number of aryl methyl sites for hydroxylation is 2. The number of nitrogens with one attached hydrogen (secondary N) is 1. The minimum Gasteiger partial charge on any atom is -0.424 e. The number of sulfonamides is 1. The summed E-state index contributed by atoms with van der Waals surface area (Å²) in [6.45, 7) is 5.49. The van der Waals surface area contributed by atoms with Gasteiger partial charge in [0.1, 0.15) is 11.6 Å². The first-order chi connectivity index (χ1) is 18.1. The smallest absolute Gasteiger partial charge is 0.340 e. The molecule has 0 amide bonds. The molecule has 7 nitrogen and oxygen atoms in total. The molecule has 0 bridgehead atoms. The Balaban J connectivity index is 1.61. The highest BCUT2D eigenvalue weighted by molar-refractivity contribution is 7.89. The highest BCUT2D eigenvalue weighted by Gasteiger charge is 2.28. The molecule has 1 aromatic heterocycles. The molecule has 0 aliphatic heterocycles. The Morgan fingerprint density at radius 2 is 1.74 bits per heavy atom. The quantitative estimate of drug-likeness (QED) is 0.162. The van der Waals surface area contributed by atoms with Crippen molar-refractivity contribution in [1.82, 2.24) is 4.72 Å². The third kappa shape index (κ3) is 6.15. The maximum absolute atomic E-state index is 13.0. The monoisotopic (exact) mass is 553 g/mol.